The standard InChI is InChI=1S/C28H26N6O6S3/c1-15-31-32-28(43-15)42-14-18-13-41-25-20(24(37)34(25)21(18)26(38)39)29-22(35)19(16-9-5-3-6-10-16)30-27(40)33(2)23(36)17-11-7-4-8-12-17/h3-12,19-20,25H,13-14H2,1-2H3,(H,29,35)(H,30,40)(H,38,39)/t19?,20-,25-/m1/s1. The number of benzene rings is 2. The van der Waals surface area contributed by atoms with E-state index in [0.717, 1.165) is 9.91 Å². The maximum absolute atomic E-state index is 13.6. The number of carboxylic acids is 1. The number of carbonyl (C=O) groups excluding carboxylic acids is 4. The molecule has 1 aromatic heterocycles. The molecule has 3 N–H and O–H groups in total. The highest BCUT2D eigenvalue weighted by atomic mass is 32.2. The van der Waals surface area contributed by atoms with Gasteiger partial charge >= 0.3 is 12.0 Å². The number of amides is 5. The maximum atomic E-state index is 13.6. The van der Waals surface area contributed by atoms with Gasteiger partial charge in [0.2, 0.25) is 5.91 Å². The van der Waals surface area contributed by atoms with Crippen LogP contribution in [-0.2, 0) is 14.4 Å². The smallest absolute Gasteiger partial charge is 0.352 e. The summed E-state index contributed by atoms with van der Waals surface area (Å²) in [6.07, 6.45) is 0. The maximum Gasteiger partial charge on any atom is 0.352 e. The van der Waals surface area contributed by atoms with Crippen LogP contribution in [0.2, 0.25) is 0 Å². The Balaban J connectivity index is 1.30. The normalized spacial score (nSPS) is 18.3. The highest BCUT2D eigenvalue weighted by Gasteiger charge is 2.54. The molecule has 3 atom stereocenters. The minimum atomic E-state index is -1.23. The predicted molar refractivity (Wildman–Crippen MR) is 161 cm³/mol. The van der Waals surface area contributed by atoms with Crippen LogP contribution < -0.4 is 10.6 Å². The van der Waals surface area contributed by atoms with Gasteiger partial charge in [-0.25, -0.2) is 9.59 Å². The van der Waals surface area contributed by atoms with Gasteiger partial charge in [0.15, 0.2) is 4.34 Å². The SMILES string of the molecule is Cc1nnc(SCC2=C(C(=O)O)N3C(=O)[C@@H](NC(=O)C(NC(=O)N(C)C(=O)c4ccccc4)c4ccccc4)[C@H]3SC2)s1. The number of aliphatic carboxylic acids is 1. The number of fused-ring (bicyclic) bond motifs is 1. The minimum absolute atomic E-state index is 0.0954. The van der Waals surface area contributed by atoms with Gasteiger partial charge in [0, 0.05) is 24.1 Å². The first-order chi connectivity index (χ1) is 20.7. The second-order valence-electron chi connectivity index (χ2n) is 9.55. The summed E-state index contributed by atoms with van der Waals surface area (Å²) in [5.74, 6) is -2.35. The summed E-state index contributed by atoms with van der Waals surface area (Å²) in [4.78, 5) is 67.0. The first-order valence-electron chi connectivity index (χ1n) is 13.0. The number of β-lactam (4-membered cyclic amide) rings is 1. The zero-order valence-corrected chi connectivity index (χ0v) is 25.4. The summed E-state index contributed by atoms with van der Waals surface area (Å²) in [6.45, 7) is 1.83. The van der Waals surface area contributed by atoms with Gasteiger partial charge in [-0.05, 0) is 30.2 Å². The van der Waals surface area contributed by atoms with E-state index in [1.807, 2.05) is 6.92 Å². The molecule has 2 aromatic carbocycles. The van der Waals surface area contributed by atoms with Gasteiger partial charge < -0.3 is 15.7 Å². The van der Waals surface area contributed by atoms with Crippen molar-refractivity contribution in [2.24, 2.45) is 0 Å². The number of rotatable bonds is 9. The number of thioether (sulfide) groups is 2. The summed E-state index contributed by atoms with van der Waals surface area (Å²) >= 11 is 4.10. The lowest BCUT2D eigenvalue weighted by molar-refractivity contribution is -0.151. The van der Waals surface area contributed by atoms with Crippen LogP contribution in [0.1, 0.15) is 27.0 Å². The predicted octanol–water partition coefficient (Wildman–Crippen LogP) is 2.90. The van der Waals surface area contributed by atoms with Crippen molar-refractivity contribution in [1.82, 2.24) is 30.6 Å². The van der Waals surface area contributed by atoms with Gasteiger partial charge in [0.25, 0.3) is 11.8 Å². The summed E-state index contributed by atoms with van der Waals surface area (Å²) < 4.78 is 0.701. The molecule has 3 aromatic rings. The van der Waals surface area contributed by atoms with Gasteiger partial charge in [-0.1, -0.05) is 71.6 Å². The van der Waals surface area contributed by atoms with Crippen LogP contribution >= 0.6 is 34.9 Å². The molecule has 12 nitrogen and oxygen atoms in total. The number of nitrogens with zero attached hydrogens (tertiary/aromatic N) is 4. The Morgan fingerprint density at radius 2 is 1.77 bits per heavy atom. The first kappa shape index (κ1) is 30.3. The number of aryl methyl sites for hydroxylation is 1. The molecular weight excluding hydrogens is 613 g/mol. The molecule has 5 amide bonds. The lowest BCUT2D eigenvalue weighted by Crippen LogP contribution is -2.71. The zero-order valence-electron chi connectivity index (χ0n) is 22.9. The lowest BCUT2D eigenvalue weighted by Gasteiger charge is -2.49. The van der Waals surface area contributed by atoms with Crippen molar-refractivity contribution < 1.29 is 29.1 Å². The highest BCUT2D eigenvalue weighted by molar-refractivity contribution is 8.01. The number of hydrogen-bond donors (Lipinski definition) is 3. The van der Waals surface area contributed by atoms with E-state index < -0.39 is 47.2 Å². The van der Waals surface area contributed by atoms with Crippen molar-refractivity contribution in [3.63, 3.8) is 0 Å². The van der Waals surface area contributed by atoms with Crippen molar-refractivity contribution in [2.75, 3.05) is 18.6 Å². The molecule has 1 fully saturated rings. The number of carbonyl (C=O) groups is 5. The molecule has 3 heterocycles. The van der Waals surface area contributed by atoms with Crippen LogP contribution in [0.4, 0.5) is 4.79 Å². The molecule has 43 heavy (non-hydrogen) atoms. The number of carboxylic acid groups (broad SMARTS) is 1. The van der Waals surface area contributed by atoms with E-state index in [1.54, 1.807) is 60.7 Å². The molecule has 0 spiro atoms. The molecule has 0 bridgehead atoms. The fraction of sp³-hybridized carbons (Fsp3) is 0.250. The molecule has 1 unspecified atom stereocenters. The fourth-order valence-electron chi connectivity index (χ4n) is 4.55. The van der Waals surface area contributed by atoms with Crippen molar-refractivity contribution in [2.45, 2.75) is 28.7 Å². The molecule has 5 rings (SSSR count). The Morgan fingerprint density at radius 1 is 1.09 bits per heavy atom. The van der Waals surface area contributed by atoms with Crippen molar-refractivity contribution in [3.05, 3.63) is 88.1 Å². The number of urea groups is 1. The summed E-state index contributed by atoms with van der Waals surface area (Å²) in [5.41, 5.74) is 1.22. The minimum Gasteiger partial charge on any atom is -0.477 e. The number of nitrogens with one attached hydrogen (secondary N) is 2. The average molecular weight is 639 g/mol. The molecule has 0 aliphatic carbocycles. The van der Waals surface area contributed by atoms with Crippen LogP contribution in [-0.4, -0.2) is 84.8 Å². The van der Waals surface area contributed by atoms with Gasteiger partial charge in [-0.3, -0.25) is 24.2 Å². The van der Waals surface area contributed by atoms with E-state index in [-0.39, 0.29) is 5.70 Å². The second-order valence-corrected chi connectivity index (χ2v) is 13.1. The van der Waals surface area contributed by atoms with E-state index >= 15 is 0 Å². The Kier molecular flexibility index (Phi) is 9.13. The average Bonchev–Trinajstić information content (AvgIpc) is 3.45. The molecular formula is C28H26N6O6S3. The van der Waals surface area contributed by atoms with Crippen LogP contribution in [0.25, 0.3) is 0 Å². The quantitative estimate of drug-likeness (QED) is 0.235. The van der Waals surface area contributed by atoms with Gasteiger partial charge in [0.05, 0.1) is 0 Å². The van der Waals surface area contributed by atoms with Crippen molar-refractivity contribution >= 4 is 64.6 Å². The van der Waals surface area contributed by atoms with Crippen LogP contribution in [0.15, 0.2) is 76.3 Å². The fourth-order valence-corrected chi connectivity index (χ4v) is 7.85. The van der Waals surface area contributed by atoms with Crippen LogP contribution in [0, 0.1) is 6.92 Å². The Hall–Kier alpha value is -4.21. The Labute approximate surface area is 258 Å². The molecule has 1 saturated heterocycles. The van der Waals surface area contributed by atoms with Gasteiger partial charge in [0.1, 0.15) is 28.2 Å². The Morgan fingerprint density at radius 3 is 2.40 bits per heavy atom. The monoisotopic (exact) mass is 638 g/mol. The molecule has 222 valence electrons. The number of hydrogen-bond acceptors (Lipinski definition) is 10. The third-order valence-corrected chi connectivity index (χ3v) is 10.1. The van der Waals surface area contributed by atoms with E-state index in [9.17, 15) is 29.1 Å². The first-order valence-corrected chi connectivity index (χ1v) is 15.8. The van der Waals surface area contributed by atoms with Crippen LogP contribution in [0.5, 0.6) is 0 Å². The summed E-state index contributed by atoms with van der Waals surface area (Å²) in [5, 5.41) is 23.4. The number of imide groups is 1. The van der Waals surface area contributed by atoms with Crippen molar-refractivity contribution in [1.29, 1.82) is 0 Å². The topological polar surface area (TPSA) is 162 Å². The second kappa shape index (κ2) is 13.0. The molecule has 2 aliphatic rings. The number of aromatic nitrogens is 2. The highest BCUT2D eigenvalue weighted by Crippen LogP contribution is 2.42. The van der Waals surface area contributed by atoms with Crippen molar-refractivity contribution in [3.8, 4) is 0 Å². The zero-order chi connectivity index (χ0) is 30.7. The third-order valence-electron chi connectivity index (χ3n) is 6.72. The van der Waals surface area contributed by atoms with E-state index in [0.29, 0.717) is 32.5 Å². The molecule has 15 heteroatoms. The molecule has 0 saturated carbocycles. The third kappa shape index (κ3) is 6.43. The van der Waals surface area contributed by atoms with Gasteiger partial charge in [-0.15, -0.1) is 22.0 Å². The van der Waals surface area contributed by atoms with E-state index in [4.69, 9.17) is 0 Å². The summed E-state index contributed by atoms with van der Waals surface area (Å²) in [6, 6.07) is 13.6. The summed E-state index contributed by atoms with van der Waals surface area (Å²) in [7, 11) is 1.30. The van der Waals surface area contributed by atoms with Gasteiger partial charge in [-0.2, -0.15) is 0 Å². The molecule has 2 aliphatic heterocycles. The van der Waals surface area contributed by atoms with E-state index in [1.165, 1.54) is 46.8 Å². The Bertz CT molecular complexity index is 1600. The van der Waals surface area contributed by atoms with Crippen LogP contribution in [0.3, 0.4) is 0 Å². The largest absolute Gasteiger partial charge is 0.477 e. The van der Waals surface area contributed by atoms with E-state index in [2.05, 4.69) is 20.8 Å². The molecule has 0 radical (unpaired) electrons. The lowest BCUT2D eigenvalue weighted by atomic mass is 10.0.